The highest BCUT2D eigenvalue weighted by Gasteiger charge is 2.36. The molecule has 0 unspecified atom stereocenters. The zero-order chi connectivity index (χ0) is 23.9. The molecule has 1 saturated heterocycles. The Morgan fingerprint density at radius 2 is 1.79 bits per heavy atom. The van der Waals surface area contributed by atoms with Crippen LogP contribution in [0.5, 0.6) is 17.2 Å². The number of amidine groups is 1. The minimum atomic E-state index is -3.65. The predicted molar refractivity (Wildman–Crippen MR) is 132 cm³/mol. The first-order valence-electron chi connectivity index (χ1n) is 10.9. The molecule has 1 fully saturated rings. The second-order valence-electron chi connectivity index (χ2n) is 8.23. The Kier molecular flexibility index (Phi) is 5.97. The second kappa shape index (κ2) is 8.94. The molecule has 2 aliphatic heterocycles. The van der Waals surface area contributed by atoms with Crippen LogP contribution in [0.3, 0.4) is 0 Å². The van der Waals surface area contributed by atoms with Gasteiger partial charge in [-0.15, -0.1) is 0 Å². The maximum Gasteiger partial charge on any atom is 0.243 e. The summed E-state index contributed by atoms with van der Waals surface area (Å²) in [7, 11) is -2.03. The van der Waals surface area contributed by atoms with E-state index in [2.05, 4.69) is 4.90 Å². The molecule has 0 aromatic heterocycles. The van der Waals surface area contributed by atoms with E-state index in [1.807, 2.05) is 49.4 Å². The Bertz CT molecular complexity index is 1360. The molecular weight excluding hydrogens is 474 g/mol. The van der Waals surface area contributed by atoms with E-state index >= 15 is 0 Å². The van der Waals surface area contributed by atoms with E-state index in [4.69, 9.17) is 26.1 Å². The SMILES string of the molecule is COc1ccc2c(c1)C(N1CCN(S(=O)(=O)c3ccc(Cl)cc3)[C@@H](C)C1)=Nc1ccccc1O2. The molecule has 34 heavy (non-hydrogen) atoms. The molecule has 3 aromatic rings. The molecule has 0 amide bonds. The molecule has 5 rings (SSSR count). The molecule has 2 aliphatic rings. The van der Waals surface area contributed by atoms with Crippen LogP contribution in [0.2, 0.25) is 5.02 Å². The highest BCUT2D eigenvalue weighted by atomic mass is 35.5. The summed E-state index contributed by atoms with van der Waals surface area (Å²) < 4.78 is 39.7. The summed E-state index contributed by atoms with van der Waals surface area (Å²) in [5.74, 6) is 2.77. The Labute approximate surface area is 204 Å². The summed E-state index contributed by atoms with van der Waals surface area (Å²) in [5.41, 5.74) is 1.52. The van der Waals surface area contributed by atoms with Gasteiger partial charge in [-0.2, -0.15) is 4.31 Å². The third-order valence-electron chi connectivity index (χ3n) is 6.03. The fourth-order valence-electron chi connectivity index (χ4n) is 4.30. The van der Waals surface area contributed by atoms with Gasteiger partial charge in [0.2, 0.25) is 10.0 Å². The molecule has 0 bridgehead atoms. The van der Waals surface area contributed by atoms with Crippen LogP contribution in [0.1, 0.15) is 12.5 Å². The molecule has 176 valence electrons. The van der Waals surface area contributed by atoms with Gasteiger partial charge in [-0.3, -0.25) is 0 Å². The number of ether oxygens (including phenoxy) is 2. The molecule has 3 aromatic carbocycles. The van der Waals surface area contributed by atoms with Crippen molar-refractivity contribution in [3.8, 4) is 17.2 Å². The zero-order valence-electron chi connectivity index (χ0n) is 18.8. The van der Waals surface area contributed by atoms with Gasteiger partial charge < -0.3 is 14.4 Å². The maximum atomic E-state index is 13.3. The van der Waals surface area contributed by atoms with Crippen molar-refractivity contribution in [2.24, 2.45) is 4.99 Å². The lowest BCUT2D eigenvalue weighted by molar-refractivity contribution is 0.205. The number of rotatable bonds is 3. The van der Waals surface area contributed by atoms with Crippen LogP contribution in [0, 0.1) is 0 Å². The van der Waals surface area contributed by atoms with Crippen molar-refractivity contribution in [3.05, 3.63) is 77.3 Å². The molecule has 7 nitrogen and oxygen atoms in total. The molecule has 0 spiro atoms. The van der Waals surface area contributed by atoms with E-state index in [0.29, 0.717) is 41.9 Å². The molecule has 0 radical (unpaired) electrons. The number of piperazine rings is 1. The lowest BCUT2D eigenvalue weighted by Crippen LogP contribution is -2.55. The van der Waals surface area contributed by atoms with E-state index in [0.717, 1.165) is 17.1 Å². The number of sulfonamides is 1. The summed E-state index contributed by atoms with van der Waals surface area (Å²) >= 11 is 5.95. The van der Waals surface area contributed by atoms with E-state index in [9.17, 15) is 8.42 Å². The van der Waals surface area contributed by atoms with E-state index in [1.165, 1.54) is 0 Å². The summed E-state index contributed by atoms with van der Waals surface area (Å²) in [6, 6.07) is 19.2. The van der Waals surface area contributed by atoms with E-state index < -0.39 is 10.0 Å². The Morgan fingerprint density at radius 3 is 2.53 bits per heavy atom. The van der Waals surface area contributed by atoms with Crippen molar-refractivity contribution >= 4 is 33.1 Å². The third-order valence-corrected chi connectivity index (χ3v) is 8.31. The van der Waals surface area contributed by atoms with Crippen molar-refractivity contribution in [2.45, 2.75) is 17.9 Å². The van der Waals surface area contributed by atoms with Crippen molar-refractivity contribution in [1.29, 1.82) is 0 Å². The number of hydrogen-bond donors (Lipinski definition) is 0. The normalized spacial score (nSPS) is 18.3. The van der Waals surface area contributed by atoms with E-state index in [-0.39, 0.29) is 10.9 Å². The number of para-hydroxylation sites is 2. The second-order valence-corrected chi connectivity index (χ2v) is 10.6. The van der Waals surface area contributed by atoms with Gasteiger partial charge in [-0.1, -0.05) is 23.7 Å². The van der Waals surface area contributed by atoms with Gasteiger partial charge in [0.15, 0.2) is 5.75 Å². The minimum absolute atomic E-state index is 0.237. The van der Waals surface area contributed by atoms with Crippen molar-refractivity contribution < 1.29 is 17.9 Å². The first-order chi connectivity index (χ1) is 16.4. The number of aliphatic imine (C=N–C) groups is 1. The molecule has 2 heterocycles. The topological polar surface area (TPSA) is 71.4 Å². The fourth-order valence-corrected chi connectivity index (χ4v) is 6.04. The highest BCUT2D eigenvalue weighted by Crippen LogP contribution is 2.39. The number of fused-ring (bicyclic) bond motifs is 2. The smallest absolute Gasteiger partial charge is 0.243 e. The van der Waals surface area contributed by atoms with E-state index in [1.54, 1.807) is 35.7 Å². The first-order valence-corrected chi connectivity index (χ1v) is 12.7. The predicted octanol–water partition coefficient (Wildman–Crippen LogP) is 4.93. The van der Waals surface area contributed by atoms with Crippen LogP contribution >= 0.6 is 11.6 Å². The molecule has 0 aliphatic carbocycles. The average Bonchev–Trinajstić information content (AvgIpc) is 3.00. The Hall–Kier alpha value is -3.07. The van der Waals surface area contributed by atoms with Crippen LogP contribution in [0.4, 0.5) is 5.69 Å². The quantitative estimate of drug-likeness (QED) is 0.513. The largest absolute Gasteiger partial charge is 0.497 e. The van der Waals surface area contributed by atoms with Crippen LogP contribution in [-0.4, -0.2) is 56.2 Å². The monoisotopic (exact) mass is 497 g/mol. The minimum Gasteiger partial charge on any atom is -0.497 e. The summed E-state index contributed by atoms with van der Waals surface area (Å²) in [6.45, 7) is 3.19. The van der Waals surface area contributed by atoms with Crippen molar-refractivity contribution in [2.75, 3.05) is 26.7 Å². The number of nitrogens with zero attached hydrogens (tertiary/aromatic N) is 3. The van der Waals surface area contributed by atoms with Gasteiger partial charge in [0.25, 0.3) is 0 Å². The van der Waals surface area contributed by atoms with Crippen molar-refractivity contribution in [1.82, 2.24) is 9.21 Å². The van der Waals surface area contributed by atoms with Gasteiger partial charge in [0.05, 0.1) is 17.6 Å². The zero-order valence-corrected chi connectivity index (χ0v) is 20.4. The van der Waals surface area contributed by atoms with Gasteiger partial charge in [0, 0.05) is 30.7 Å². The Balaban J connectivity index is 1.49. The molecule has 1 atom stereocenters. The van der Waals surface area contributed by atoms with Crippen LogP contribution in [-0.2, 0) is 10.0 Å². The van der Waals surface area contributed by atoms with Crippen LogP contribution in [0.15, 0.2) is 76.6 Å². The van der Waals surface area contributed by atoms with Gasteiger partial charge in [0.1, 0.15) is 23.0 Å². The summed E-state index contributed by atoms with van der Waals surface area (Å²) in [6.07, 6.45) is 0. The molecule has 0 saturated carbocycles. The summed E-state index contributed by atoms with van der Waals surface area (Å²) in [4.78, 5) is 7.30. The lowest BCUT2D eigenvalue weighted by atomic mass is 10.1. The van der Waals surface area contributed by atoms with Gasteiger partial charge in [-0.25, -0.2) is 13.4 Å². The van der Waals surface area contributed by atoms with Gasteiger partial charge >= 0.3 is 0 Å². The van der Waals surface area contributed by atoms with Crippen molar-refractivity contribution in [3.63, 3.8) is 0 Å². The number of hydrogen-bond acceptors (Lipinski definition) is 6. The van der Waals surface area contributed by atoms with Crippen LogP contribution in [0.25, 0.3) is 0 Å². The Morgan fingerprint density at radius 1 is 1.03 bits per heavy atom. The number of benzene rings is 3. The third kappa shape index (κ3) is 4.13. The molecular formula is C25H24ClN3O4S. The standard InChI is InChI=1S/C25H24ClN3O4S/c1-17-16-28(13-14-29(17)34(30,31)20-10-7-18(26)8-11-20)25-21-15-19(32-2)9-12-23(21)33-24-6-4-3-5-22(24)27-25/h3-12,15,17H,13-14,16H2,1-2H3/t17-/m0/s1. The van der Waals surface area contributed by atoms with Crippen LogP contribution < -0.4 is 9.47 Å². The average molecular weight is 498 g/mol. The lowest BCUT2D eigenvalue weighted by Gasteiger charge is -2.40. The summed E-state index contributed by atoms with van der Waals surface area (Å²) in [5, 5.41) is 0.500. The molecule has 0 N–H and O–H groups in total. The van der Waals surface area contributed by atoms with Gasteiger partial charge in [-0.05, 0) is 61.5 Å². The maximum absolute atomic E-state index is 13.3. The highest BCUT2D eigenvalue weighted by molar-refractivity contribution is 7.89. The molecule has 9 heteroatoms. The number of methoxy groups -OCH3 is 1. The number of halogens is 1. The first kappa shape index (κ1) is 22.7. The fraction of sp³-hybridized carbons (Fsp3) is 0.240.